The van der Waals surface area contributed by atoms with Crippen molar-refractivity contribution in [3.05, 3.63) is 0 Å². The zero-order valence-corrected chi connectivity index (χ0v) is 8.51. The molecule has 0 unspecified atom stereocenters. The maximum absolute atomic E-state index is 11.4. The highest BCUT2D eigenvalue weighted by molar-refractivity contribution is 5.82. The summed E-state index contributed by atoms with van der Waals surface area (Å²) in [5.74, 6) is -1.30. The van der Waals surface area contributed by atoms with Gasteiger partial charge in [0.25, 0.3) is 0 Å². The van der Waals surface area contributed by atoms with Gasteiger partial charge in [0, 0.05) is 13.1 Å². The smallest absolute Gasteiger partial charge is 0.328 e. The largest absolute Gasteiger partial charge is 0.480 e. The number of rotatable bonds is 6. The maximum Gasteiger partial charge on any atom is 0.328 e. The molecule has 4 N–H and O–H groups in total. The van der Waals surface area contributed by atoms with Gasteiger partial charge in [0.2, 0.25) is 0 Å². The summed E-state index contributed by atoms with van der Waals surface area (Å²) in [6, 6.07) is -1.93. The first kappa shape index (κ1) is 13.7. The minimum Gasteiger partial charge on any atom is -0.480 e. The van der Waals surface area contributed by atoms with E-state index in [0.29, 0.717) is 6.54 Å². The Hall–Kier alpha value is -1.34. The highest BCUT2D eigenvalue weighted by atomic mass is 16.4. The average molecular weight is 220 g/mol. The standard InChI is InChI=1S/C8H16N2O5/c1-2-10(3-4-11)8(15)9-6(5-12)7(13)14/h6,11-12H,2-5H2,1H3,(H,9,15)(H,13,14)/t6-/m1/s1. The van der Waals surface area contributed by atoms with Crippen molar-refractivity contribution in [2.45, 2.75) is 13.0 Å². The molecule has 0 saturated heterocycles. The van der Waals surface area contributed by atoms with Crippen LogP contribution in [0.4, 0.5) is 4.79 Å². The molecule has 88 valence electrons. The second kappa shape index (κ2) is 7.02. The molecular formula is C8H16N2O5. The van der Waals surface area contributed by atoms with Gasteiger partial charge in [-0.05, 0) is 6.92 Å². The molecule has 0 radical (unpaired) electrons. The van der Waals surface area contributed by atoms with Crippen LogP contribution in [0.5, 0.6) is 0 Å². The van der Waals surface area contributed by atoms with Gasteiger partial charge in [-0.1, -0.05) is 0 Å². The normalized spacial score (nSPS) is 11.9. The number of carboxylic acid groups (broad SMARTS) is 1. The van der Waals surface area contributed by atoms with Gasteiger partial charge in [-0.2, -0.15) is 0 Å². The molecule has 2 amide bonds. The van der Waals surface area contributed by atoms with Crippen LogP contribution >= 0.6 is 0 Å². The zero-order valence-electron chi connectivity index (χ0n) is 8.51. The van der Waals surface area contributed by atoms with Crippen molar-refractivity contribution in [1.82, 2.24) is 10.2 Å². The molecule has 1 atom stereocenters. The van der Waals surface area contributed by atoms with E-state index in [4.69, 9.17) is 15.3 Å². The van der Waals surface area contributed by atoms with Crippen LogP contribution < -0.4 is 5.32 Å². The molecule has 0 aromatic heterocycles. The Morgan fingerprint density at radius 3 is 2.33 bits per heavy atom. The summed E-state index contributed by atoms with van der Waals surface area (Å²) in [7, 11) is 0. The Bertz CT molecular complexity index is 221. The lowest BCUT2D eigenvalue weighted by atomic mass is 10.3. The number of aliphatic carboxylic acids is 1. The average Bonchev–Trinajstić information content (AvgIpc) is 2.21. The third kappa shape index (κ3) is 4.61. The molecule has 0 fully saturated rings. The van der Waals surface area contributed by atoms with Gasteiger partial charge in [-0.25, -0.2) is 9.59 Å². The van der Waals surface area contributed by atoms with Gasteiger partial charge in [-0.15, -0.1) is 0 Å². The molecule has 0 bridgehead atoms. The first-order valence-electron chi connectivity index (χ1n) is 4.56. The van der Waals surface area contributed by atoms with Crippen molar-refractivity contribution in [2.24, 2.45) is 0 Å². The molecule has 7 nitrogen and oxygen atoms in total. The predicted molar refractivity (Wildman–Crippen MR) is 51.4 cm³/mol. The highest BCUT2D eigenvalue weighted by Gasteiger charge is 2.21. The van der Waals surface area contributed by atoms with Gasteiger partial charge >= 0.3 is 12.0 Å². The molecule has 7 heteroatoms. The maximum atomic E-state index is 11.4. The first-order valence-corrected chi connectivity index (χ1v) is 4.56. The lowest BCUT2D eigenvalue weighted by Crippen LogP contribution is -2.50. The molecule has 0 rings (SSSR count). The second-order valence-electron chi connectivity index (χ2n) is 2.83. The molecule has 0 spiro atoms. The van der Waals surface area contributed by atoms with E-state index in [9.17, 15) is 9.59 Å². The Balaban J connectivity index is 4.24. The van der Waals surface area contributed by atoms with Crippen LogP contribution in [0.15, 0.2) is 0 Å². The van der Waals surface area contributed by atoms with Crippen molar-refractivity contribution in [1.29, 1.82) is 0 Å². The summed E-state index contributed by atoms with van der Waals surface area (Å²) >= 11 is 0. The molecule has 0 aromatic rings. The molecular weight excluding hydrogens is 204 g/mol. The van der Waals surface area contributed by atoms with E-state index in [1.54, 1.807) is 6.92 Å². The van der Waals surface area contributed by atoms with Crippen molar-refractivity contribution in [3.8, 4) is 0 Å². The van der Waals surface area contributed by atoms with E-state index in [0.717, 1.165) is 0 Å². The molecule has 0 aliphatic carbocycles. The molecule has 0 aliphatic heterocycles. The fourth-order valence-corrected chi connectivity index (χ4v) is 0.950. The lowest BCUT2D eigenvalue weighted by molar-refractivity contribution is -0.140. The number of hydrogen-bond donors (Lipinski definition) is 4. The summed E-state index contributed by atoms with van der Waals surface area (Å²) in [5.41, 5.74) is 0. The van der Waals surface area contributed by atoms with Crippen molar-refractivity contribution in [2.75, 3.05) is 26.3 Å². The lowest BCUT2D eigenvalue weighted by Gasteiger charge is -2.22. The number of nitrogens with one attached hydrogen (secondary N) is 1. The van der Waals surface area contributed by atoms with Crippen LogP contribution in [0, 0.1) is 0 Å². The monoisotopic (exact) mass is 220 g/mol. The molecule has 0 heterocycles. The van der Waals surface area contributed by atoms with E-state index < -0.39 is 24.6 Å². The number of amides is 2. The molecule has 0 saturated carbocycles. The minimum atomic E-state index is -1.31. The number of aliphatic hydroxyl groups is 2. The number of carbonyl (C=O) groups excluding carboxylic acids is 1. The Morgan fingerprint density at radius 1 is 1.40 bits per heavy atom. The summed E-state index contributed by atoms with van der Waals surface area (Å²) in [5, 5.41) is 28.0. The molecule has 0 aromatic carbocycles. The van der Waals surface area contributed by atoms with Gasteiger partial charge in [-0.3, -0.25) is 0 Å². The van der Waals surface area contributed by atoms with Gasteiger partial charge in [0.05, 0.1) is 13.2 Å². The van der Waals surface area contributed by atoms with Gasteiger partial charge < -0.3 is 25.5 Å². The number of likely N-dealkylation sites (N-methyl/N-ethyl adjacent to an activating group) is 1. The minimum absolute atomic E-state index is 0.125. The first-order chi connectivity index (χ1) is 7.06. The summed E-state index contributed by atoms with van der Waals surface area (Å²) in [6.45, 7) is 1.31. The molecule has 0 aliphatic rings. The third-order valence-corrected chi connectivity index (χ3v) is 1.82. The Kier molecular flexibility index (Phi) is 6.39. The van der Waals surface area contributed by atoms with Crippen LogP contribution in [0.1, 0.15) is 6.92 Å². The van der Waals surface area contributed by atoms with E-state index in [2.05, 4.69) is 5.32 Å². The zero-order chi connectivity index (χ0) is 11.8. The second-order valence-corrected chi connectivity index (χ2v) is 2.83. The quantitative estimate of drug-likeness (QED) is 0.433. The van der Waals surface area contributed by atoms with Gasteiger partial charge in [0.15, 0.2) is 6.04 Å². The number of nitrogens with zero attached hydrogens (tertiary/aromatic N) is 1. The van der Waals surface area contributed by atoms with Crippen molar-refractivity contribution in [3.63, 3.8) is 0 Å². The van der Waals surface area contributed by atoms with Gasteiger partial charge in [0.1, 0.15) is 0 Å². The summed E-state index contributed by atoms with van der Waals surface area (Å²) in [6.07, 6.45) is 0. The predicted octanol–water partition coefficient (Wildman–Crippen LogP) is -1.54. The van der Waals surface area contributed by atoms with Crippen molar-refractivity contribution >= 4 is 12.0 Å². The summed E-state index contributed by atoms with van der Waals surface area (Å²) in [4.78, 5) is 23.1. The summed E-state index contributed by atoms with van der Waals surface area (Å²) < 4.78 is 0. The van der Waals surface area contributed by atoms with Crippen LogP contribution in [-0.4, -0.2) is 64.6 Å². The number of aliphatic hydroxyl groups excluding tert-OH is 2. The Morgan fingerprint density at radius 2 is 2.00 bits per heavy atom. The van der Waals surface area contributed by atoms with Crippen LogP contribution in [0.3, 0.4) is 0 Å². The third-order valence-electron chi connectivity index (χ3n) is 1.82. The Labute approximate surface area is 87.3 Å². The fourth-order valence-electron chi connectivity index (χ4n) is 0.950. The highest BCUT2D eigenvalue weighted by Crippen LogP contribution is 1.91. The van der Waals surface area contributed by atoms with Crippen LogP contribution in [0.25, 0.3) is 0 Å². The van der Waals surface area contributed by atoms with E-state index >= 15 is 0 Å². The SMILES string of the molecule is CCN(CCO)C(=O)N[C@H](CO)C(=O)O. The van der Waals surface area contributed by atoms with Crippen molar-refractivity contribution < 1.29 is 24.9 Å². The van der Waals surface area contributed by atoms with E-state index in [1.165, 1.54) is 4.90 Å². The van der Waals surface area contributed by atoms with Crippen LogP contribution in [-0.2, 0) is 4.79 Å². The molecule has 15 heavy (non-hydrogen) atoms. The number of urea groups is 1. The fraction of sp³-hybridized carbons (Fsp3) is 0.750. The number of hydrogen-bond acceptors (Lipinski definition) is 4. The topological polar surface area (TPSA) is 110 Å². The van der Waals surface area contributed by atoms with Crippen LogP contribution in [0.2, 0.25) is 0 Å². The van der Waals surface area contributed by atoms with E-state index in [1.807, 2.05) is 0 Å². The number of carboxylic acids is 1. The van der Waals surface area contributed by atoms with E-state index in [-0.39, 0.29) is 13.2 Å². The number of carbonyl (C=O) groups is 2.